The quantitative estimate of drug-likeness (QED) is 0.691. The van der Waals surface area contributed by atoms with Crippen molar-refractivity contribution in [1.29, 1.82) is 0 Å². The molecule has 0 radical (unpaired) electrons. The highest BCUT2D eigenvalue weighted by atomic mass is 16.5. The molecule has 90 valence electrons. The van der Waals surface area contributed by atoms with Gasteiger partial charge in [-0.1, -0.05) is 11.2 Å². The maximum absolute atomic E-state index is 5.71. The first-order chi connectivity index (χ1) is 8.72. The predicted molar refractivity (Wildman–Crippen MR) is 66.3 cm³/mol. The van der Waals surface area contributed by atoms with Crippen LogP contribution >= 0.6 is 0 Å². The molecule has 6 nitrogen and oxygen atoms in total. The van der Waals surface area contributed by atoms with E-state index in [1.54, 1.807) is 16.9 Å². The molecule has 2 heterocycles. The number of rotatable bonds is 2. The lowest BCUT2D eigenvalue weighted by molar-refractivity contribution is 0.432. The normalized spacial score (nSPS) is 10.7. The molecule has 3 rings (SSSR count). The van der Waals surface area contributed by atoms with E-state index in [4.69, 9.17) is 10.3 Å². The van der Waals surface area contributed by atoms with Gasteiger partial charge in [0.25, 0.3) is 5.89 Å². The van der Waals surface area contributed by atoms with Crippen molar-refractivity contribution < 1.29 is 4.52 Å². The molecule has 0 saturated carbocycles. The molecule has 0 spiro atoms. The van der Waals surface area contributed by atoms with Crippen LogP contribution in [0.25, 0.3) is 22.8 Å². The summed E-state index contributed by atoms with van der Waals surface area (Å²) in [5, 5.41) is 7.99. The minimum absolute atomic E-state index is 0.446. The number of anilines is 1. The molecule has 1 aromatic carbocycles. The first-order valence-electron chi connectivity index (χ1n) is 5.41. The molecule has 3 aromatic rings. The number of nitrogens with zero attached hydrogens (tertiary/aromatic N) is 4. The Labute approximate surface area is 103 Å². The van der Waals surface area contributed by atoms with E-state index in [2.05, 4.69) is 15.2 Å². The third-order valence-electron chi connectivity index (χ3n) is 2.52. The number of aryl methyl sites for hydroxylation is 1. The Morgan fingerprint density at radius 3 is 2.89 bits per heavy atom. The maximum Gasteiger partial charge on any atom is 0.258 e. The van der Waals surface area contributed by atoms with E-state index in [0.29, 0.717) is 17.4 Å². The van der Waals surface area contributed by atoms with Crippen LogP contribution in [0.3, 0.4) is 0 Å². The fraction of sp³-hybridized carbons (Fsp3) is 0.0833. The summed E-state index contributed by atoms with van der Waals surface area (Å²) in [4.78, 5) is 4.32. The van der Waals surface area contributed by atoms with Crippen LogP contribution < -0.4 is 5.73 Å². The number of nitrogens with two attached hydrogens (primary N) is 1. The SMILES string of the molecule is Cn1cc(-c2noc(-c3cccc(N)c3)n2)cn1. The van der Waals surface area contributed by atoms with E-state index in [-0.39, 0.29) is 0 Å². The molecule has 0 aliphatic carbocycles. The molecule has 2 aromatic heterocycles. The van der Waals surface area contributed by atoms with Crippen LogP contribution in [0, 0.1) is 0 Å². The Kier molecular flexibility index (Phi) is 2.33. The van der Waals surface area contributed by atoms with E-state index in [1.165, 1.54) is 0 Å². The van der Waals surface area contributed by atoms with Crippen molar-refractivity contribution in [2.24, 2.45) is 7.05 Å². The zero-order chi connectivity index (χ0) is 12.5. The highest BCUT2D eigenvalue weighted by Gasteiger charge is 2.11. The fourth-order valence-corrected chi connectivity index (χ4v) is 1.67. The van der Waals surface area contributed by atoms with Crippen LogP contribution in [0.15, 0.2) is 41.2 Å². The smallest absolute Gasteiger partial charge is 0.258 e. The zero-order valence-electron chi connectivity index (χ0n) is 9.74. The van der Waals surface area contributed by atoms with Crippen molar-refractivity contribution in [3.63, 3.8) is 0 Å². The Morgan fingerprint density at radius 1 is 1.28 bits per heavy atom. The lowest BCUT2D eigenvalue weighted by Crippen LogP contribution is -1.85. The van der Waals surface area contributed by atoms with Gasteiger partial charge in [-0.25, -0.2) is 0 Å². The van der Waals surface area contributed by atoms with Gasteiger partial charge in [0.15, 0.2) is 0 Å². The van der Waals surface area contributed by atoms with Gasteiger partial charge >= 0.3 is 0 Å². The van der Waals surface area contributed by atoms with Crippen LogP contribution in [-0.2, 0) is 7.05 Å². The largest absolute Gasteiger partial charge is 0.399 e. The highest BCUT2D eigenvalue weighted by Crippen LogP contribution is 2.22. The zero-order valence-corrected chi connectivity index (χ0v) is 9.74. The van der Waals surface area contributed by atoms with Crippen molar-refractivity contribution in [2.45, 2.75) is 0 Å². The van der Waals surface area contributed by atoms with Crippen LogP contribution in [0.2, 0.25) is 0 Å². The number of hydrogen-bond acceptors (Lipinski definition) is 5. The van der Waals surface area contributed by atoms with Crippen LogP contribution in [-0.4, -0.2) is 19.9 Å². The van der Waals surface area contributed by atoms with Gasteiger partial charge in [-0.05, 0) is 18.2 Å². The summed E-state index contributed by atoms with van der Waals surface area (Å²) >= 11 is 0. The molecule has 0 unspecified atom stereocenters. The minimum Gasteiger partial charge on any atom is -0.399 e. The summed E-state index contributed by atoms with van der Waals surface area (Å²) in [6.45, 7) is 0. The molecule has 2 N–H and O–H groups in total. The predicted octanol–water partition coefficient (Wildman–Crippen LogP) is 1.72. The number of aromatic nitrogens is 4. The Hall–Kier alpha value is -2.63. The Morgan fingerprint density at radius 2 is 2.17 bits per heavy atom. The Balaban J connectivity index is 1.99. The van der Waals surface area contributed by atoms with Gasteiger partial charge in [0.1, 0.15) is 0 Å². The fourth-order valence-electron chi connectivity index (χ4n) is 1.67. The number of nitrogen functional groups attached to an aromatic ring is 1. The van der Waals surface area contributed by atoms with E-state index in [1.807, 2.05) is 31.4 Å². The standard InChI is InChI=1S/C12H11N5O/c1-17-7-9(6-14-17)11-15-12(18-16-11)8-3-2-4-10(13)5-8/h2-7H,13H2,1H3. The summed E-state index contributed by atoms with van der Waals surface area (Å²) in [6, 6.07) is 7.32. The molecular weight excluding hydrogens is 230 g/mol. The molecule has 0 aliphatic heterocycles. The van der Waals surface area contributed by atoms with E-state index >= 15 is 0 Å². The second-order valence-corrected chi connectivity index (χ2v) is 3.95. The first-order valence-corrected chi connectivity index (χ1v) is 5.41. The van der Waals surface area contributed by atoms with Crippen molar-refractivity contribution in [2.75, 3.05) is 5.73 Å². The van der Waals surface area contributed by atoms with Gasteiger partial charge < -0.3 is 10.3 Å². The van der Waals surface area contributed by atoms with Crippen LogP contribution in [0.5, 0.6) is 0 Å². The molecular formula is C12H11N5O. The molecule has 0 atom stereocenters. The summed E-state index contributed by atoms with van der Waals surface area (Å²) in [5.74, 6) is 0.960. The van der Waals surface area contributed by atoms with Gasteiger partial charge in [-0.3, -0.25) is 4.68 Å². The van der Waals surface area contributed by atoms with E-state index in [0.717, 1.165) is 11.1 Å². The van der Waals surface area contributed by atoms with Gasteiger partial charge in [-0.15, -0.1) is 0 Å². The highest BCUT2D eigenvalue weighted by molar-refractivity contribution is 5.62. The topological polar surface area (TPSA) is 82.8 Å². The summed E-state index contributed by atoms with van der Waals surface area (Å²) in [5.41, 5.74) is 7.99. The molecule has 0 bridgehead atoms. The van der Waals surface area contributed by atoms with E-state index in [9.17, 15) is 0 Å². The van der Waals surface area contributed by atoms with Crippen molar-refractivity contribution in [3.05, 3.63) is 36.7 Å². The van der Waals surface area contributed by atoms with Gasteiger partial charge in [0.05, 0.1) is 11.8 Å². The summed E-state index contributed by atoms with van der Waals surface area (Å²) in [6.07, 6.45) is 3.52. The Bertz CT molecular complexity index is 685. The summed E-state index contributed by atoms with van der Waals surface area (Å²) < 4.78 is 6.90. The second kappa shape index (κ2) is 3.99. The van der Waals surface area contributed by atoms with Crippen molar-refractivity contribution >= 4 is 5.69 Å². The monoisotopic (exact) mass is 241 g/mol. The minimum atomic E-state index is 0.446. The lowest BCUT2D eigenvalue weighted by atomic mass is 10.2. The van der Waals surface area contributed by atoms with Gasteiger partial charge in [0, 0.05) is 24.5 Å². The number of benzene rings is 1. The average Bonchev–Trinajstić information content (AvgIpc) is 2.97. The summed E-state index contributed by atoms with van der Waals surface area (Å²) in [7, 11) is 1.84. The van der Waals surface area contributed by atoms with E-state index < -0.39 is 0 Å². The molecule has 0 aliphatic rings. The molecule has 6 heteroatoms. The van der Waals surface area contributed by atoms with Crippen molar-refractivity contribution in [3.8, 4) is 22.8 Å². The van der Waals surface area contributed by atoms with Gasteiger partial charge in [-0.2, -0.15) is 10.1 Å². The third-order valence-corrected chi connectivity index (χ3v) is 2.52. The number of hydrogen-bond donors (Lipinski definition) is 1. The first kappa shape index (κ1) is 10.5. The van der Waals surface area contributed by atoms with Crippen molar-refractivity contribution in [1.82, 2.24) is 19.9 Å². The average molecular weight is 241 g/mol. The molecule has 18 heavy (non-hydrogen) atoms. The molecule has 0 amide bonds. The molecule has 0 saturated heterocycles. The molecule has 0 fully saturated rings. The van der Waals surface area contributed by atoms with Crippen LogP contribution in [0.1, 0.15) is 0 Å². The van der Waals surface area contributed by atoms with Crippen LogP contribution in [0.4, 0.5) is 5.69 Å². The lowest BCUT2D eigenvalue weighted by Gasteiger charge is -1.94. The third kappa shape index (κ3) is 1.84. The van der Waals surface area contributed by atoms with Gasteiger partial charge in [0.2, 0.25) is 5.82 Å². The second-order valence-electron chi connectivity index (χ2n) is 3.95. The maximum atomic E-state index is 5.71.